The molecule has 2 amide bonds. The number of carbonyl (C=O) groups is 2. The molecule has 4 aromatic rings. The molecule has 0 radical (unpaired) electrons. The van der Waals surface area contributed by atoms with E-state index in [9.17, 15) is 19.2 Å². The third-order valence-corrected chi connectivity index (χ3v) is 5.64. The van der Waals surface area contributed by atoms with E-state index >= 15 is 0 Å². The zero-order valence-corrected chi connectivity index (χ0v) is 21.0. The first-order valence-corrected chi connectivity index (χ1v) is 11.9. The third-order valence-electron chi connectivity index (χ3n) is 5.64. The van der Waals surface area contributed by atoms with Crippen molar-refractivity contribution >= 4 is 34.2 Å². The van der Waals surface area contributed by atoms with E-state index in [2.05, 4.69) is 15.7 Å². The molecule has 0 aliphatic carbocycles. The number of hydrogen-bond acceptors (Lipinski definition) is 5. The summed E-state index contributed by atoms with van der Waals surface area (Å²) < 4.78 is 3.77. The van der Waals surface area contributed by atoms with Crippen molar-refractivity contribution in [3.05, 3.63) is 74.4 Å². The maximum atomic E-state index is 13.5. The fraction of sp³-hybridized carbons (Fsp3) is 0.346. The zero-order valence-electron chi connectivity index (χ0n) is 21.0. The standard InChI is InChI=1S/C26H30N6O4/c1-15(2)13-30-24(35)20-11-8-18(23(34)27-16(3)4)12-21(20)32-25(30)29-31(26(32)36)14-22(33)28-19-9-6-17(5)7-10-19/h6-12,15-16H,13-14H2,1-5H3,(H,27,34)(H,28,33). The minimum absolute atomic E-state index is 0.0789. The summed E-state index contributed by atoms with van der Waals surface area (Å²) in [5, 5.41) is 10.2. The predicted octanol–water partition coefficient (Wildman–Crippen LogP) is 2.55. The van der Waals surface area contributed by atoms with Crippen LogP contribution in [0.2, 0.25) is 0 Å². The average molecular weight is 491 g/mol. The molecule has 10 nitrogen and oxygen atoms in total. The normalized spacial score (nSPS) is 11.5. The van der Waals surface area contributed by atoms with E-state index in [4.69, 9.17) is 0 Å². The van der Waals surface area contributed by atoms with Crippen LogP contribution >= 0.6 is 0 Å². The molecule has 0 saturated carbocycles. The Kier molecular flexibility index (Phi) is 6.78. The second-order valence-corrected chi connectivity index (χ2v) is 9.66. The van der Waals surface area contributed by atoms with Crippen molar-refractivity contribution in [1.29, 1.82) is 0 Å². The van der Waals surface area contributed by atoms with Crippen molar-refractivity contribution in [1.82, 2.24) is 24.1 Å². The summed E-state index contributed by atoms with van der Waals surface area (Å²) in [7, 11) is 0. The van der Waals surface area contributed by atoms with Gasteiger partial charge in [-0.2, -0.15) is 0 Å². The molecule has 0 atom stereocenters. The largest absolute Gasteiger partial charge is 0.352 e. The lowest BCUT2D eigenvalue weighted by atomic mass is 10.1. The molecule has 0 aliphatic rings. The quantitative estimate of drug-likeness (QED) is 0.413. The van der Waals surface area contributed by atoms with Gasteiger partial charge in [0.1, 0.15) is 6.54 Å². The number of benzene rings is 2. The Morgan fingerprint density at radius 2 is 1.69 bits per heavy atom. The topological polar surface area (TPSA) is 120 Å². The Balaban J connectivity index is 1.84. The van der Waals surface area contributed by atoms with E-state index < -0.39 is 11.6 Å². The van der Waals surface area contributed by atoms with Gasteiger partial charge in [-0.3, -0.25) is 19.0 Å². The first kappa shape index (κ1) is 24.9. The van der Waals surface area contributed by atoms with Crippen LogP contribution in [0.3, 0.4) is 0 Å². The molecule has 2 heterocycles. The van der Waals surface area contributed by atoms with Gasteiger partial charge in [-0.1, -0.05) is 31.5 Å². The van der Waals surface area contributed by atoms with Crippen LogP contribution in [-0.2, 0) is 17.9 Å². The number of rotatable bonds is 7. The van der Waals surface area contributed by atoms with Gasteiger partial charge in [0.15, 0.2) is 0 Å². The maximum absolute atomic E-state index is 13.5. The lowest BCUT2D eigenvalue weighted by molar-refractivity contribution is -0.117. The first-order valence-electron chi connectivity index (χ1n) is 11.9. The van der Waals surface area contributed by atoms with E-state index in [1.54, 1.807) is 24.3 Å². The number of aryl methyl sites for hydroxylation is 1. The van der Waals surface area contributed by atoms with Crippen LogP contribution in [0.5, 0.6) is 0 Å². The third kappa shape index (κ3) is 4.93. The van der Waals surface area contributed by atoms with Gasteiger partial charge >= 0.3 is 5.69 Å². The van der Waals surface area contributed by atoms with Crippen molar-refractivity contribution in [3.8, 4) is 0 Å². The van der Waals surface area contributed by atoms with Gasteiger partial charge in [-0.15, -0.1) is 5.10 Å². The molecular formula is C26H30N6O4. The van der Waals surface area contributed by atoms with Crippen molar-refractivity contribution < 1.29 is 9.59 Å². The van der Waals surface area contributed by atoms with Crippen molar-refractivity contribution in [2.24, 2.45) is 5.92 Å². The second-order valence-electron chi connectivity index (χ2n) is 9.66. The molecular weight excluding hydrogens is 460 g/mol. The van der Waals surface area contributed by atoms with Crippen molar-refractivity contribution in [3.63, 3.8) is 0 Å². The summed E-state index contributed by atoms with van der Waals surface area (Å²) in [6.45, 7) is 9.54. The molecule has 188 valence electrons. The smallest absolute Gasteiger partial charge is 0.350 e. The van der Waals surface area contributed by atoms with Gasteiger partial charge in [-0.25, -0.2) is 13.9 Å². The Bertz CT molecular complexity index is 1570. The number of carbonyl (C=O) groups excluding carboxylic acids is 2. The highest BCUT2D eigenvalue weighted by Crippen LogP contribution is 2.16. The van der Waals surface area contributed by atoms with Gasteiger partial charge in [-0.05, 0) is 57.0 Å². The summed E-state index contributed by atoms with van der Waals surface area (Å²) >= 11 is 0. The van der Waals surface area contributed by atoms with Crippen LogP contribution in [-0.4, -0.2) is 36.6 Å². The number of nitrogens with zero attached hydrogens (tertiary/aromatic N) is 4. The summed E-state index contributed by atoms with van der Waals surface area (Å²) in [6, 6.07) is 11.8. The highest BCUT2D eigenvalue weighted by Gasteiger charge is 2.20. The molecule has 0 unspecified atom stereocenters. The number of fused-ring (bicyclic) bond motifs is 3. The van der Waals surface area contributed by atoms with E-state index in [0.29, 0.717) is 17.8 Å². The first-order chi connectivity index (χ1) is 17.0. The molecule has 2 N–H and O–H groups in total. The summed E-state index contributed by atoms with van der Waals surface area (Å²) in [5.41, 5.74) is 1.35. The monoisotopic (exact) mass is 490 g/mol. The zero-order chi connectivity index (χ0) is 26.1. The number of nitrogens with one attached hydrogen (secondary N) is 2. The van der Waals surface area contributed by atoms with Crippen LogP contribution in [0.15, 0.2) is 52.1 Å². The van der Waals surface area contributed by atoms with E-state index in [1.807, 2.05) is 46.8 Å². The van der Waals surface area contributed by atoms with Gasteiger partial charge in [0.05, 0.1) is 10.9 Å². The molecule has 2 aromatic carbocycles. The fourth-order valence-corrected chi connectivity index (χ4v) is 4.01. The number of aromatic nitrogens is 4. The summed E-state index contributed by atoms with van der Waals surface area (Å²) in [4.78, 5) is 52.1. The second kappa shape index (κ2) is 9.80. The van der Waals surface area contributed by atoms with Gasteiger partial charge in [0.25, 0.3) is 11.5 Å². The molecule has 2 aromatic heterocycles. The van der Waals surface area contributed by atoms with Crippen molar-refractivity contribution in [2.45, 2.75) is 53.8 Å². The maximum Gasteiger partial charge on any atom is 0.352 e. The molecule has 0 aliphatic heterocycles. The van der Waals surface area contributed by atoms with Crippen LogP contribution in [0, 0.1) is 12.8 Å². The van der Waals surface area contributed by atoms with Gasteiger partial charge in [0, 0.05) is 23.8 Å². The highest BCUT2D eigenvalue weighted by molar-refractivity contribution is 5.98. The lowest BCUT2D eigenvalue weighted by Crippen LogP contribution is -2.31. The molecule has 0 fully saturated rings. The molecule has 0 saturated heterocycles. The number of amides is 2. The van der Waals surface area contributed by atoms with Gasteiger partial charge in [0.2, 0.25) is 11.7 Å². The minimum Gasteiger partial charge on any atom is -0.350 e. The lowest BCUT2D eigenvalue weighted by Gasteiger charge is -2.13. The summed E-state index contributed by atoms with van der Waals surface area (Å²) in [5.74, 6) is -0.520. The van der Waals surface area contributed by atoms with Gasteiger partial charge < -0.3 is 10.6 Å². The SMILES string of the molecule is Cc1ccc(NC(=O)Cn2nc3n(CC(C)C)c(=O)c4ccc(C(=O)NC(C)C)cc4n3c2=O)cc1. The Morgan fingerprint density at radius 1 is 1.00 bits per heavy atom. The van der Waals surface area contributed by atoms with E-state index in [-0.39, 0.29) is 46.7 Å². The summed E-state index contributed by atoms with van der Waals surface area (Å²) in [6.07, 6.45) is 0. The molecule has 4 rings (SSSR count). The molecule has 0 spiro atoms. The van der Waals surface area contributed by atoms with E-state index in [0.717, 1.165) is 10.2 Å². The Morgan fingerprint density at radius 3 is 2.33 bits per heavy atom. The molecule has 10 heteroatoms. The average Bonchev–Trinajstić information content (AvgIpc) is 3.13. The van der Waals surface area contributed by atoms with Crippen LogP contribution in [0.4, 0.5) is 5.69 Å². The molecule has 0 bridgehead atoms. The Labute approximate surface area is 207 Å². The van der Waals surface area contributed by atoms with E-state index in [1.165, 1.54) is 15.0 Å². The Hall–Kier alpha value is -4.21. The number of anilines is 1. The molecule has 36 heavy (non-hydrogen) atoms. The highest BCUT2D eigenvalue weighted by atomic mass is 16.2. The fourth-order valence-electron chi connectivity index (χ4n) is 4.01. The minimum atomic E-state index is -0.576. The number of hydrogen-bond donors (Lipinski definition) is 2. The van der Waals surface area contributed by atoms with Crippen LogP contribution < -0.4 is 21.9 Å². The van der Waals surface area contributed by atoms with Crippen LogP contribution in [0.1, 0.15) is 43.6 Å². The van der Waals surface area contributed by atoms with Crippen molar-refractivity contribution in [2.75, 3.05) is 5.32 Å². The predicted molar refractivity (Wildman–Crippen MR) is 138 cm³/mol. The van der Waals surface area contributed by atoms with Crippen LogP contribution in [0.25, 0.3) is 16.7 Å².